The molecule has 0 bridgehead atoms. The van der Waals surface area contributed by atoms with Crippen molar-refractivity contribution in [2.24, 2.45) is 5.92 Å². The molecule has 3 heteroatoms. The number of carbonyl (C=O) groups excluding carboxylic acids is 2. The molecule has 2 rings (SSSR count). The molecule has 1 aromatic rings. The molecule has 1 amide bonds. The largest absolute Gasteiger partial charge is 0.326 e. The van der Waals surface area contributed by atoms with Gasteiger partial charge in [0.1, 0.15) is 0 Å². The summed E-state index contributed by atoms with van der Waals surface area (Å²) in [5.41, 5.74) is 2.57. The van der Waals surface area contributed by atoms with Gasteiger partial charge in [0.25, 0.3) is 0 Å². The molecule has 1 aromatic carbocycles. The fraction of sp³-hybridized carbons (Fsp3) is 0.429. The number of amides is 1. The van der Waals surface area contributed by atoms with Gasteiger partial charge in [0, 0.05) is 23.6 Å². The first-order chi connectivity index (χ1) is 8.13. The van der Waals surface area contributed by atoms with Crippen LogP contribution in [0, 0.1) is 5.92 Å². The molecule has 0 radical (unpaired) electrons. The Morgan fingerprint density at radius 2 is 2.24 bits per heavy atom. The Balaban J connectivity index is 2.40. The van der Waals surface area contributed by atoms with Crippen molar-refractivity contribution in [1.29, 1.82) is 0 Å². The summed E-state index contributed by atoms with van der Waals surface area (Å²) in [6.07, 6.45) is 2.08. The smallest absolute Gasteiger partial charge is 0.227 e. The molecule has 1 aliphatic rings. The maximum atomic E-state index is 12.0. The molecule has 0 unspecified atom stereocenters. The molecule has 90 valence electrons. The minimum Gasteiger partial charge on any atom is -0.326 e. The third-order valence-corrected chi connectivity index (χ3v) is 3.17. The first kappa shape index (κ1) is 11.8. The molecule has 1 heterocycles. The number of anilines is 1. The van der Waals surface area contributed by atoms with Crippen LogP contribution >= 0.6 is 0 Å². The zero-order valence-electron chi connectivity index (χ0n) is 10.2. The van der Waals surface area contributed by atoms with Crippen molar-refractivity contribution in [1.82, 2.24) is 0 Å². The molecule has 0 spiro atoms. The Kier molecular flexibility index (Phi) is 3.27. The Hall–Kier alpha value is -1.64. The molecular formula is C14H17NO2. The van der Waals surface area contributed by atoms with Crippen molar-refractivity contribution in [3.8, 4) is 0 Å². The molecule has 0 aromatic heterocycles. The molecule has 0 saturated heterocycles. The van der Waals surface area contributed by atoms with E-state index in [9.17, 15) is 9.59 Å². The molecule has 3 nitrogen and oxygen atoms in total. The molecule has 17 heavy (non-hydrogen) atoms. The second-order valence-electron chi connectivity index (χ2n) is 4.60. The van der Waals surface area contributed by atoms with Gasteiger partial charge in [0.2, 0.25) is 5.91 Å². The van der Waals surface area contributed by atoms with Gasteiger partial charge in [-0.3, -0.25) is 9.59 Å². The van der Waals surface area contributed by atoms with Gasteiger partial charge in [-0.25, -0.2) is 0 Å². The van der Waals surface area contributed by atoms with Gasteiger partial charge in [-0.15, -0.1) is 0 Å². The van der Waals surface area contributed by atoms with E-state index in [2.05, 4.69) is 5.32 Å². The van der Waals surface area contributed by atoms with Crippen molar-refractivity contribution in [3.05, 3.63) is 29.3 Å². The highest BCUT2D eigenvalue weighted by Gasteiger charge is 2.25. The van der Waals surface area contributed by atoms with E-state index in [1.165, 1.54) is 0 Å². The van der Waals surface area contributed by atoms with Crippen LogP contribution in [-0.2, 0) is 11.2 Å². The normalized spacial score (nSPS) is 18.5. The molecule has 1 atom stereocenters. The molecule has 0 aliphatic carbocycles. The number of nitrogens with one attached hydrogen (secondary N) is 1. The molecule has 0 saturated carbocycles. The van der Waals surface area contributed by atoms with Crippen LogP contribution in [0.5, 0.6) is 0 Å². The van der Waals surface area contributed by atoms with Crippen LogP contribution in [0.4, 0.5) is 5.69 Å². The van der Waals surface area contributed by atoms with Crippen LogP contribution < -0.4 is 5.32 Å². The van der Waals surface area contributed by atoms with Gasteiger partial charge in [0.15, 0.2) is 5.78 Å². The standard InChI is InChI=1S/C14H17NO2/c1-3-5-13(16)10-6-4-7-12-11(10)8-9(2)14(17)15-12/h4,6-7,9H,3,5,8H2,1-2H3,(H,15,17)/t9-/m0/s1. The maximum absolute atomic E-state index is 12.0. The summed E-state index contributed by atoms with van der Waals surface area (Å²) in [7, 11) is 0. The summed E-state index contributed by atoms with van der Waals surface area (Å²) < 4.78 is 0. The van der Waals surface area contributed by atoms with E-state index < -0.39 is 0 Å². The lowest BCUT2D eigenvalue weighted by molar-refractivity contribution is -0.119. The number of carbonyl (C=O) groups is 2. The summed E-state index contributed by atoms with van der Waals surface area (Å²) in [5, 5.41) is 2.86. The Morgan fingerprint density at radius 1 is 1.47 bits per heavy atom. The van der Waals surface area contributed by atoms with Gasteiger partial charge in [-0.05, 0) is 24.5 Å². The van der Waals surface area contributed by atoms with Gasteiger partial charge in [0.05, 0.1) is 0 Å². The number of rotatable bonds is 3. The van der Waals surface area contributed by atoms with Gasteiger partial charge in [-0.1, -0.05) is 26.0 Å². The summed E-state index contributed by atoms with van der Waals surface area (Å²) in [6, 6.07) is 5.56. The number of fused-ring (bicyclic) bond motifs is 1. The van der Waals surface area contributed by atoms with E-state index in [1.54, 1.807) is 0 Å². The van der Waals surface area contributed by atoms with Crippen LogP contribution in [-0.4, -0.2) is 11.7 Å². The summed E-state index contributed by atoms with van der Waals surface area (Å²) in [4.78, 5) is 23.6. The molecule has 1 N–H and O–H groups in total. The fourth-order valence-electron chi connectivity index (χ4n) is 2.20. The summed E-state index contributed by atoms with van der Waals surface area (Å²) in [5.74, 6) is 0.156. The topological polar surface area (TPSA) is 46.2 Å². The Morgan fingerprint density at radius 3 is 2.94 bits per heavy atom. The van der Waals surface area contributed by atoms with Crippen LogP contribution in [0.2, 0.25) is 0 Å². The van der Waals surface area contributed by atoms with Crippen LogP contribution in [0.3, 0.4) is 0 Å². The van der Waals surface area contributed by atoms with E-state index in [0.29, 0.717) is 12.8 Å². The van der Waals surface area contributed by atoms with Crippen LogP contribution in [0.25, 0.3) is 0 Å². The monoisotopic (exact) mass is 231 g/mol. The summed E-state index contributed by atoms with van der Waals surface area (Å²) in [6.45, 7) is 3.89. The maximum Gasteiger partial charge on any atom is 0.227 e. The summed E-state index contributed by atoms with van der Waals surface area (Å²) >= 11 is 0. The highest BCUT2D eigenvalue weighted by atomic mass is 16.2. The average molecular weight is 231 g/mol. The van der Waals surface area contributed by atoms with Crippen LogP contribution in [0.1, 0.15) is 42.6 Å². The first-order valence-electron chi connectivity index (χ1n) is 6.09. The zero-order chi connectivity index (χ0) is 12.4. The highest BCUT2D eigenvalue weighted by Crippen LogP contribution is 2.29. The lowest BCUT2D eigenvalue weighted by Crippen LogP contribution is -2.29. The predicted octanol–water partition coefficient (Wildman–Crippen LogP) is 2.80. The molecular weight excluding hydrogens is 214 g/mol. The minimum atomic E-state index is -0.0573. The Labute approximate surface area is 101 Å². The van der Waals surface area contributed by atoms with E-state index in [-0.39, 0.29) is 17.6 Å². The SMILES string of the molecule is CCCC(=O)c1cccc2c1C[C@H](C)C(=O)N2. The van der Waals surface area contributed by atoms with Gasteiger partial charge in [-0.2, -0.15) is 0 Å². The lowest BCUT2D eigenvalue weighted by atomic mass is 9.89. The van der Waals surface area contributed by atoms with Crippen molar-refractivity contribution in [3.63, 3.8) is 0 Å². The molecule has 0 fully saturated rings. The zero-order valence-corrected chi connectivity index (χ0v) is 10.2. The quantitative estimate of drug-likeness (QED) is 0.813. The predicted molar refractivity (Wildman–Crippen MR) is 67.2 cm³/mol. The van der Waals surface area contributed by atoms with Crippen LogP contribution in [0.15, 0.2) is 18.2 Å². The second kappa shape index (κ2) is 4.70. The van der Waals surface area contributed by atoms with Crippen molar-refractivity contribution < 1.29 is 9.59 Å². The van der Waals surface area contributed by atoms with E-state index >= 15 is 0 Å². The van der Waals surface area contributed by atoms with Gasteiger partial charge >= 0.3 is 0 Å². The molecule has 1 aliphatic heterocycles. The third-order valence-electron chi connectivity index (χ3n) is 3.17. The highest BCUT2D eigenvalue weighted by molar-refractivity contribution is 6.02. The average Bonchev–Trinajstić information content (AvgIpc) is 2.30. The van der Waals surface area contributed by atoms with Crippen molar-refractivity contribution in [2.75, 3.05) is 5.32 Å². The number of benzene rings is 1. The van der Waals surface area contributed by atoms with E-state index in [1.807, 2.05) is 32.0 Å². The number of Topliss-reactive ketones (excluding diaryl/α,β-unsaturated/α-hetero) is 1. The number of hydrogen-bond donors (Lipinski definition) is 1. The number of hydrogen-bond acceptors (Lipinski definition) is 2. The van der Waals surface area contributed by atoms with Crippen molar-refractivity contribution >= 4 is 17.4 Å². The lowest BCUT2D eigenvalue weighted by Gasteiger charge is -2.23. The fourth-order valence-corrected chi connectivity index (χ4v) is 2.20. The van der Waals surface area contributed by atoms with Crippen molar-refractivity contribution in [2.45, 2.75) is 33.1 Å². The third kappa shape index (κ3) is 2.23. The number of ketones is 1. The van der Waals surface area contributed by atoms with E-state index in [0.717, 1.165) is 23.2 Å². The minimum absolute atomic E-state index is 0.0394. The second-order valence-corrected chi connectivity index (χ2v) is 4.60. The Bertz CT molecular complexity index is 465. The first-order valence-corrected chi connectivity index (χ1v) is 6.09. The van der Waals surface area contributed by atoms with E-state index in [4.69, 9.17) is 0 Å². The van der Waals surface area contributed by atoms with Gasteiger partial charge < -0.3 is 5.32 Å².